The first-order valence-corrected chi connectivity index (χ1v) is 7.30. The predicted molar refractivity (Wildman–Crippen MR) is 74.8 cm³/mol. The minimum Gasteiger partial charge on any atom is -0.318 e. The lowest BCUT2D eigenvalue weighted by molar-refractivity contribution is -0.120. The lowest BCUT2D eigenvalue weighted by atomic mass is 9.89. The Balaban J connectivity index is 2.09. The third-order valence-electron chi connectivity index (χ3n) is 3.42. The van der Waals surface area contributed by atoms with Crippen molar-refractivity contribution in [2.24, 2.45) is 11.7 Å². The van der Waals surface area contributed by atoms with Crippen LogP contribution in [0, 0.1) is 5.92 Å². The van der Waals surface area contributed by atoms with Gasteiger partial charge in [0.15, 0.2) is 5.13 Å². The number of amides is 1. The minimum atomic E-state index is -0.863. The Kier molecular flexibility index (Phi) is 3.73. The molecule has 0 fully saturated rings. The second-order valence-corrected chi connectivity index (χ2v) is 6.67. The number of hydrogen-bond donors (Lipinski definition) is 2. The minimum absolute atomic E-state index is 0.180. The summed E-state index contributed by atoms with van der Waals surface area (Å²) < 4.78 is 0. The molecule has 0 saturated carbocycles. The first-order valence-electron chi connectivity index (χ1n) is 6.49. The number of rotatable bonds is 3. The van der Waals surface area contributed by atoms with Crippen molar-refractivity contribution in [2.45, 2.75) is 52.0 Å². The summed E-state index contributed by atoms with van der Waals surface area (Å²) in [5.74, 6) is 0.591. The summed E-state index contributed by atoms with van der Waals surface area (Å²) in [7, 11) is 0. The monoisotopic (exact) mass is 267 g/mol. The summed E-state index contributed by atoms with van der Waals surface area (Å²) in [4.78, 5) is 17.6. The zero-order valence-corrected chi connectivity index (χ0v) is 12.1. The van der Waals surface area contributed by atoms with E-state index in [1.165, 1.54) is 17.7 Å². The largest absolute Gasteiger partial charge is 0.318 e. The van der Waals surface area contributed by atoms with E-state index in [-0.39, 0.29) is 5.91 Å². The molecule has 0 bridgehead atoms. The Hall–Kier alpha value is -0.940. The second kappa shape index (κ2) is 4.97. The van der Waals surface area contributed by atoms with Crippen molar-refractivity contribution in [2.75, 3.05) is 5.32 Å². The van der Waals surface area contributed by atoms with Gasteiger partial charge in [-0.15, -0.1) is 11.3 Å². The van der Waals surface area contributed by atoms with Crippen LogP contribution < -0.4 is 11.1 Å². The van der Waals surface area contributed by atoms with Crippen LogP contribution >= 0.6 is 11.3 Å². The summed E-state index contributed by atoms with van der Waals surface area (Å²) in [6.45, 7) is 5.63. The Labute approximate surface area is 112 Å². The van der Waals surface area contributed by atoms with Gasteiger partial charge in [0.2, 0.25) is 5.91 Å². The SMILES string of the molecule is CCC1CCc2nc(NC(=O)C(C)(C)N)sc2C1. The maximum atomic E-state index is 11.8. The Bertz CT molecular complexity index is 448. The molecule has 1 aliphatic rings. The number of nitrogens with one attached hydrogen (secondary N) is 1. The molecule has 1 heterocycles. The molecule has 100 valence electrons. The molecule has 2 rings (SSSR count). The number of aryl methyl sites for hydroxylation is 1. The molecule has 1 unspecified atom stereocenters. The topological polar surface area (TPSA) is 68.0 Å². The summed E-state index contributed by atoms with van der Waals surface area (Å²) in [5.41, 5.74) is 6.06. The fraction of sp³-hybridized carbons (Fsp3) is 0.692. The van der Waals surface area contributed by atoms with E-state index >= 15 is 0 Å². The van der Waals surface area contributed by atoms with Crippen molar-refractivity contribution in [1.29, 1.82) is 0 Å². The van der Waals surface area contributed by atoms with E-state index in [9.17, 15) is 4.79 Å². The van der Waals surface area contributed by atoms with Gasteiger partial charge in [-0.25, -0.2) is 4.98 Å². The quantitative estimate of drug-likeness (QED) is 0.883. The van der Waals surface area contributed by atoms with Gasteiger partial charge in [0.1, 0.15) is 0 Å². The number of carbonyl (C=O) groups excluding carboxylic acids is 1. The van der Waals surface area contributed by atoms with Gasteiger partial charge in [0, 0.05) is 4.88 Å². The van der Waals surface area contributed by atoms with Gasteiger partial charge in [-0.1, -0.05) is 13.3 Å². The molecule has 1 atom stereocenters. The van der Waals surface area contributed by atoms with Crippen molar-refractivity contribution >= 4 is 22.4 Å². The molecule has 18 heavy (non-hydrogen) atoms. The summed E-state index contributed by atoms with van der Waals surface area (Å²) >= 11 is 1.60. The van der Waals surface area contributed by atoms with Crippen LogP contribution in [0.2, 0.25) is 0 Å². The molecular formula is C13H21N3OS. The van der Waals surface area contributed by atoms with E-state index in [4.69, 9.17) is 5.73 Å². The van der Waals surface area contributed by atoms with Crippen molar-refractivity contribution < 1.29 is 4.79 Å². The first kappa shape index (κ1) is 13.5. The molecule has 0 aliphatic heterocycles. The molecule has 5 heteroatoms. The maximum Gasteiger partial charge on any atom is 0.245 e. The number of anilines is 1. The molecular weight excluding hydrogens is 246 g/mol. The lowest BCUT2D eigenvalue weighted by Crippen LogP contribution is -2.45. The molecule has 1 aromatic rings. The van der Waals surface area contributed by atoms with Crippen LogP contribution in [0.4, 0.5) is 5.13 Å². The van der Waals surface area contributed by atoms with Crippen molar-refractivity contribution in [3.63, 3.8) is 0 Å². The first-order chi connectivity index (χ1) is 8.40. The highest BCUT2D eigenvalue weighted by Crippen LogP contribution is 2.33. The maximum absolute atomic E-state index is 11.8. The van der Waals surface area contributed by atoms with Crippen LogP contribution in [0.3, 0.4) is 0 Å². The second-order valence-electron chi connectivity index (χ2n) is 5.58. The highest BCUT2D eigenvalue weighted by atomic mass is 32.1. The smallest absolute Gasteiger partial charge is 0.245 e. The fourth-order valence-corrected chi connectivity index (χ4v) is 3.22. The number of hydrogen-bond acceptors (Lipinski definition) is 4. The van der Waals surface area contributed by atoms with Crippen molar-refractivity contribution in [3.8, 4) is 0 Å². The summed E-state index contributed by atoms with van der Waals surface area (Å²) in [6.07, 6.45) is 4.56. The molecule has 0 saturated heterocycles. The van der Waals surface area contributed by atoms with Crippen LogP contribution in [-0.2, 0) is 17.6 Å². The predicted octanol–water partition coefficient (Wildman–Crippen LogP) is 2.33. The number of aromatic nitrogens is 1. The molecule has 0 radical (unpaired) electrons. The zero-order chi connectivity index (χ0) is 13.3. The average molecular weight is 267 g/mol. The third-order valence-corrected chi connectivity index (χ3v) is 4.46. The van der Waals surface area contributed by atoms with Crippen LogP contribution in [0.15, 0.2) is 0 Å². The van der Waals surface area contributed by atoms with Gasteiger partial charge in [-0.2, -0.15) is 0 Å². The van der Waals surface area contributed by atoms with Gasteiger partial charge >= 0.3 is 0 Å². The Morgan fingerprint density at radius 1 is 1.61 bits per heavy atom. The number of carbonyl (C=O) groups is 1. The lowest BCUT2D eigenvalue weighted by Gasteiger charge is -2.18. The van der Waals surface area contributed by atoms with Crippen LogP contribution in [0.5, 0.6) is 0 Å². The van der Waals surface area contributed by atoms with E-state index in [2.05, 4.69) is 17.2 Å². The van der Waals surface area contributed by atoms with Gasteiger partial charge in [0.25, 0.3) is 0 Å². The van der Waals surface area contributed by atoms with E-state index in [1.807, 2.05) is 0 Å². The summed E-state index contributed by atoms with van der Waals surface area (Å²) in [6, 6.07) is 0. The van der Waals surface area contributed by atoms with E-state index in [0.717, 1.165) is 24.5 Å². The standard InChI is InChI=1S/C13H21N3OS/c1-4-8-5-6-9-10(7-8)18-12(15-9)16-11(17)13(2,3)14/h8H,4-7,14H2,1-3H3,(H,15,16,17). The van der Waals surface area contributed by atoms with Gasteiger partial charge in [0.05, 0.1) is 11.2 Å². The summed E-state index contributed by atoms with van der Waals surface area (Å²) in [5, 5.41) is 3.51. The molecule has 3 N–H and O–H groups in total. The number of nitrogens with zero attached hydrogens (tertiary/aromatic N) is 1. The third kappa shape index (κ3) is 2.90. The molecule has 1 amide bonds. The molecule has 1 aromatic heterocycles. The normalized spacial score (nSPS) is 19.4. The molecule has 4 nitrogen and oxygen atoms in total. The number of fused-ring (bicyclic) bond motifs is 1. The molecule has 0 aromatic carbocycles. The van der Waals surface area contributed by atoms with E-state index < -0.39 is 5.54 Å². The van der Waals surface area contributed by atoms with E-state index in [0.29, 0.717) is 5.13 Å². The van der Waals surface area contributed by atoms with Gasteiger partial charge < -0.3 is 11.1 Å². The highest BCUT2D eigenvalue weighted by molar-refractivity contribution is 7.15. The highest BCUT2D eigenvalue weighted by Gasteiger charge is 2.25. The van der Waals surface area contributed by atoms with Gasteiger partial charge in [-0.3, -0.25) is 4.79 Å². The van der Waals surface area contributed by atoms with Crippen LogP contribution in [-0.4, -0.2) is 16.4 Å². The number of thiazole rings is 1. The van der Waals surface area contributed by atoms with Crippen LogP contribution in [0.25, 0.3) is 0 Å². The average Bonchev–Trinajstić information content (AvgIpc) is 2.68. The van der Waals surface area contributed by atoms with Crippen molar-refractivity contribution in [3.05, 3.63) is 10.6 Å². The fourth-order valence-electron chi connectivity index (χ4n) is 2.10. The Morgan fingerprint density at radius 3 is 2.94 bits per heavy atom. The van der Waals surface area contributed by atoms with Gasteiger partial charge in [-0.05, 0) is 39.0 Å². The Morgan fingerprint density at radius 2 is 2.33 bits per heavy atom. The van der Waals surface area contributed by atoms with E-state index in [1.54, 1.807) is 25.2 Å². The molecule has 1 aliphatic carbocycles. The molecule has 0 spiro atoms. The van der Waals surface area contributed by atoms with Crippen LogP contribution in [0.1, 0.15) is 44.2 Å². The number of nitrogens with two attached hydrogens (primary N) is 1. The zero-order valence-electron chi connectivity index (χ0n) is 11.2. The van der Waals surface area contributed by atoms with Crippen molar-refractivity contribution in [1.82, 2.24) is 4.98 Å².